The van der Waals surface area contributed by atoms with E-state index in [-0.39, 0.29) is 0 Å². The Kier molecular flexibility index (Phi) is 4.16. The molecule has 0 bridgehead atoms. The summed E-state index contributed by atoms with van der Waals surface area (Å²) in [4.78, 5) is 17.4. The average Bonchev–Trinajstić information content (AvgIpc) is 2.60. The predicted molar refractivity (Wildman–Crippen MR) is 89.9 cm³/mol. The molecule has 1 aromatic carbocycles. The van der Waals surface area contributed by atoms with E-state index in [2.05, 4.69) is 19.9 Å². The quantitative estimate of drug-likeness (QED) is 0.576. The number of fused-ring (bicyclic) bond motifs is 1. The first-order valence-electron chi connectivity index (χ1n) is 6.73. The third-order valence-electron chi connectivity index (χ3n) is 3.28. The molecule has 3 rings (SSSR count). The molecule has 3 aromatic rings. The van der Waals surface area contributed by atoms with Gasteiger partial charge in [0.15, 0.2) is 33.6 Å². The Morgan fingerprint density at radius 1 is 1.04 bits per heavy atom. The van der Waals surface area contributed by atoms with Crippen molar-refractivity contribution in [1.82, 2.24) is 19.9 Å². The average molecular weight is 329 g/mol. The highest BCUT2D eigenvalue weighted by molar-refractivity contribution is 7.98. The van der Waals surface area contributed by atoms with Crippen molar-refractivity contribution in [3.8, 4) is 22.8 Å². The van der Waals surface area contributed by atoms with Crippen LogP contribution < -0.4 is 15.2 Å². The van der Waals surface area contributed by atoms with E-state index in [9.17, 15) is 0 Å². The fourth-order valence-electron chi connectivity index (χ4n) is 2.13. The Morgan fingerprint density at radius 2 is 1.83 bits per heavy atom. The van der Waals surface area contributed by atoms with E-state index < -0.39 is 0 Å². The normalized spacial score (nSPS) is 10.7. The molecule has 2 heterocycles. The number of ether oxygens (including phenoxy) is 2. The Bertz CT molecular complexity index is 872. The summed E-state index contributed by atoms with van der Waals surface area (Å²) in [5.41, 5.74) is 8.43. The van der Waals surface area contributed by atoms with Crippen molar-refractivity contribution in [3.05, 3.63) is 24.4 Å². The molecule has 0 atom stereocenters. The summed E-state index contributed by atoms with van der Waals surface area (Å²) in [7, 11) is 3.18. The lowest BCUT2D eigenvalue weighted by atomic mass is 10.1. The van der Waals surface area contributed by atoms with Gasteiger partial charge in [-0.05, 0) is 24.5 Å². The minimum atomic E-state index is 0.314. The van der Waals surface area contributed by atoms with Crippen molar-refractivity contribution >= 4 is 28.7 Å². The van der Waals surface area contributed by atoms with Crippen LogP contribution in [0.25, 0.3) is 22.4 Å². The van der Waals surface area contributed by atoms with Gasteiger partial charge in [-0.2, -0.15) is 0 Å². The topological polar surface area (TPSA) is 96.0 Å². The fourth-order valence-corrected chi connectivity index (χ4v) is 2.50. The number of hydrogen-bond donors (Lipinski definition) is 1. The predicted octanol–water partition coefficient (Wildman–Crippen LogP) is 2.41. The zero-order valence-corrected chi connectivity index (χ0v) is 13.7. The highest BCUT2D eigenvalue weighted by atomic mass is 32.2. The molecular formula is C15H15N5O2S. The van der Waals surface area contributed by atoms with Crippen LogP contribution in [0.15, 0.2) is 29.6 Å². The summed E-state index contributed by atoms with van der Waals surface area (Å²) in [5, 5.41) is 0.572. The number of aromatic nitrogens is 4. The maximum atomic E-state index is 5.97. The second-order valence-corrected chi connectivity index (χ2v) is 5.37. The van der Waals surface area contributed by atoms with Gasteiger partial charge in [-0.1, -0.05) is 11.8 Å². The summed E-state index contributed by atoms with van der Waals surface area (Å²) in [5.74, 6) is 1.58. The lowest BCUT2D eigenvalue weighted by molar-refractivity contribution is 0.355. The highest BCUT2D eigenvalue weighted by Gasteiger charge is 2.11. The molecule has 0 unspecified atom stereocenters. The van der Waals surface area contributed by atoms with Crippen molar-refractivity contribution < 1.29 is 9.47 Å². The fraction of sp³-hybridized carbons (Fsp3) is 0.200. The molecule has 0 saturated carbocycles. The maximum Gasteiger partial charge on any atom is 0.191 e. The molecule has 0 radical (unpaired) electrons. The van der Waals surface area contributed by atoms with E-state index in [0.717, 1.165) is 5.56 Å². The molecule has 0 saturated heterocycles. The summed E-state index contributed by atoms with van der Waals surface area (Å²) in [6, 6.07) is 5.53. The smallest absolute Gasteiger partial charge is 0.191 e. The van der Waals surface area contributed by atoms with Gasteiger partial charge in [0, 0.05) is 5.56 Å². The van der Waals surface area contributed by atoms with Crippen molar-refractivity contribution in [2.24, 2.45) is 0 Å². The molecule has 7 nitrogen and oxygen atoms in total. The minimum absolute atomic E-state index is 0.314. The lowest BCUT2D eigenvalue weighted by Crippen LogP contribution is -2.01. The zero-order valence-electron chi connectivity index (χ0n) is 12.9. The number of anilines is 1. The van der Waals surface area contributed by atoms with Crippen LogP contribution in [-0.4, -0.2) is 40.4 Å². The molecule has 23 heavy (non-hydrogen) atoms. The third kappa shape index (κ3) is 2.85. The van der Waals surface area contributed by atoms with Crippen LogP contribution >= 0.6 is 11.8 Å². The SMILES string of the molecule is COc1ccc(-c2cnc3nc(SC)nc(N)c3n2)cc1OC. The van der Waals surface area contributed by atoms with Crippen LogP contribution in [0.3, 0.4) is 0 Å². The lowest BCUT2D eigenvalue weighted by Gasteiger charge is -2.10. The van der Waals surface area contributed by atoms with Crippen molar-refractivity contribution in [2.75, 3.05) is 26.2 Å². The third-order valence-corrected chi connectivity index (χ3v) is 3.82. The van der Waals surface area contributed by atoms with Gasteiger partial charge in [0.1, 0.15) is 0 Å². The van der Waals surface area contributed by atoms with Crippen LogP contribution in [0.5, 0.6) is 11.5 Å². The number of nitrogens with two attached hydrogens (primary N) is 1. The van der Waals surface area contributed by atoms with Crippen molar-refractivity contribution in [2.45, 2.75) is 5.16 Å². The molecule has 8 heteroatoms. The van der Waals surface area contributed by atoms with Crippen LogP contribution in [0.1, 0.15) is 0 Å². The van der Waals surface area contributed by atoms with Crippen molar-refractivity contribution in [1.29, 1.82) is 0 Å². The Balaban J connectivity index is 2.12. The monoisotopic (exact) mass is 329 g/mol. The van der Waals surface area contributed by atoms with Gasteiger partial charge in [-0.3, -0.25) is 0 Å². The molecule has 0 spiro atoms. The first kappa shape index (κ1) is 15.3. The zero-order chi connectivity index (χ0) is 16.4. The van der Waals surface area contributed by atoms with Gasteiger partial charge in [0.05, 0.1) is 26.1 Å². The van der Waals surface area contributed by atoms with Gasteiger partial charge in [-0.25, -0.2) is 19.9 Å². The number of methoxy groups -OCH3 is 2. The highest BCUT2D eigenvalue weighted by Crippen LogP contribution is 2.32. The van der Waals surface area contributed by atoms with E-state index in [0.29, 0.717) is 39.3 Å². The first-order valence-corrected chi connectivity index (χ1v) is 7.95. The summed E-state index contributed by atoms with van der Waals surface area (Å²) < 4.78 is 10.6. The molecule has 0 aliphatic heterocycles. The summed E-state index contributed by atoms with van der Waals surface area (Å²) >= 11 is 1.41. The molecule has 2 aromatic heterocycles. The van der Waals surface area contributed by atoms with Crippen LogP contribution in [0, 0.1) is 0 Å². The van der Waals surface area contributed by atoms with Crippen LogP contribution in [0.4, 0.5) is 5.82 Å². The standard InChI is InChI=1S/C15H15N5O2S/c1-21-10-5-4-8(6-11(10)22-2)9-7-17-14-12(18-9)13(16)19-15(20-14)23-3/h4-7H,1-3H3,(H2,16,17,19,20). The molecule has 118 valence electrons. The van der Waals surface area contributed by atoms with E-state index in [1.165, 1.54) is 11.8 Å². The van der Waals surface area contributed by atoms with E-state index in [1.807, 2.05) is 24.5 Å². The van der Waals surface area contributed by atoms with E-state index in [4.69, 9.17) is 15.2 Å². The number of benzene rings is 1. The number of hydrogen-bond acceptors (Lipinski definition) is 8. The second kappa shape index (κ2) is 6.25. The molecule has 0 fully saturated rings. The van der Waals surface area contributed by atoms with Crippen LogP contribution in [0.2, 0.25) is 0 Å². The first-order chi connectivity index (χ1) is 11.2. The van der Waals surface area contributed by atoms with E-state index in [1.54, 1.807) is 20.4 Å². The number of thioether (sulfide) groups is 1. The molecular weight excluding hydrogens is 314 g/mol. The van der Waals surface area contributed by atoms with E-state index >= 15 is 0 Å². The van der Waals surface area contributed by atoms with Crippen LogP contribution in [-0.2, 0) is 0 Å². The van der Waals surface area contributed by atoms with Gasteiger partial charge < -0.3 is 15.2 Å². The second-order valence-electron chi connectivity index (χ2n) is 4.59. The number of nitrogens with zero attached hydrogens (tertiary/aromatic N) is 4. The van der Waals surface area contributed by atoms with Gasteiger partial charge in [0.25, 0.3) is 0 Å². The summed E-state index contributed by atoms with van der Waals surface area (Å²) in [6.07, 6.45) is 3.53. The Hall–Kier alpha value is -2.61. The molecule has 0 aliphatic carbocycles. The largest absolute Gasteiger partial charge is 0.493 e. The maximum absolute atomic E-state index is 5.97. The number of rotatable bonds is 4. The van der Waals surface area contributed by atoms with Gasteiger partial charge >= 0.3 is 0 Å². The van der Waals surface area contributed by atoms with Crippen molar-refractivity contribution in [3.63, 3.8) is 0 Å². The van der Waals surface area contributed by atoms with Gasteiger partial charge in [0.2, 0.25) is 0 Å². The Labute approximate surface area is 137 Å². The Morgan fingerprint density at radius 3 is 2.52 bits per heavy atom. The minimum Gasteiger partial charge on any atom is -0.493 e. The number of nitrogen functional groups attached to an aromatic ring is 1. The van der Waals surface area contributed by atoms with Gasteiger partial charge in [-0.15, -0.1) is 0 Å². The molecule has 0 aliphatic rings. The summed E-state index contributed by atoms with van der Waals surface area (Å²) in [6.45, 7) is 0. The molecule has 2 N–H and O–H groups in total. The molecule has 0 amide bonds.